The minimum absolute atomic E-state index is 0.0255. The molecule has 0 fully saturated rings. The fraction of sp³-hybridized carbons (Fsp3) is 0.375. The van der Waals surface area contributed by atoms with Crippen molar-refractivity contribution in [2.24, 2.45) is 7.05 Å². The SMILES string of the molecule is CC(=O)c1c(C)nn(C)c(=O)c1N. The minimum atomic E-state index is -0.434. The van der Waals surface area contributed by atoms with Crippen LogP contribution < -0.4 is 11.3 Å². The zero-order chi connectivity index (χ0) is 10.2. The van der Waals surface area contributed by atoms with Crippen LogP contribution in [0.5, 0.6) is 0 Å². The number of nitrogen functional groups attached to an aromatic ring is 1. The average molecular weight is 181 g/mol. The van der Waals surface area contributed by atoms with Gasteiger partial charge in [0, 0.05) is 7.05 Å². The molecule has 0 unspecified atom stereocenters. The molecule has 5 nitrogen and oxygen atoms in total. The first kappa shape index (κ1) is 9.44. The van der Waals surface area contributed by atoms with Crippen LogP contribution in [-0.4, -0.2) is 15.6 Å². The summed E-state index contributed by atoms with van der Waals surface area (Å²) in [6.45, 7) is 3.01. The van der Waals surface area contributed by atoms with Crippen LogP contribution in [0, 0.1) is 6.92 Å². The topological polar surface area (TPSA) is 78.0 Å². The summed E-state index contributed by atoms with van der Waals surface area (Å²) in [5.41, 5.74) is 5.74. The molecule has 0 saturated heterocycles. The number of anilines is 1. The van der Waals surface area contributed by atoms with Crippen LogP contribution in [0.4, 0.5) is 5.69 Å². The Morgan fingerprint density at radius 1 is 1.54 bits per heavy atom. The van der Waals surface area contributed by atoms with Crippen LogP contribution >= 0.6 is 0 Å². The Bertz CT molecular complexity index is 420. The summed E-state index contributed by atoms with van der Waals surface area (Å²) in [5, 5.41) is 3.86. The van der Waals surface area contributed by atoms with Gasteiger partial charge in [0.05, 0.1) is 11.3 Å². The van der Waals surface area contributed by atoms with Gasteiger partial charge in [0.1, 0.15) is 5.69 Å². The summed E-state index contributed by atoms with van der Waals surface area (Å²) >= 11 is 0. The number of aromatic nitrogens is 2. The van der Waals surface area contributed by atoms with E-state index in [0.29, 0.717) is 5.69 Å². The highest BCUT2D eigenvalue weighted by atomic mass is 16.1. The van der Waals surface area contributed by atoms with Gasteiger partial charge in [-0.05, 0) is 13.8 Å². The van der Waals surface area contributed by atoms with Crippen LogP contribution in [0.25, 0.3) is 0 Å². The van der Waals surface area contributed by atoms with Crippen LogP contribution in [0.2, 0.25) is 0 Å². The zero-order valence-corrected chi connectivity index (χ0v) is 7.79. The van der Waals surface area contributed by atoms with Crippen molar-refractivity contribution in [1.29, 1.82) is 0 Å². The smallest absolute Gasteiger partial charge is 0.290 e. The Balaban J connectivity index is 3.63. The molecule has 0 aliphatic heterocycles. The summed E-state index contributed by atoms with van der Waals surface area (Å²) in [7, 11) is 1.50. The number of nitrogens with two attached hydrogens (primary N) is 1. The summed E-state index contributed by atoms with van der Waals surface area (Å²) in [6.07, 6.45) is 0. The van der Waals surface area contributed by atoms with Gasteiger partial charge in [0.25, 0.3) is 5.56 Å². The second-order valence-electron chi connectivity index (χ2n) is 2.86. The van der Waals surface area contributed by atoms with Gasteiger partial charge in [-0.25, -0.2) is 4.68 Å². The van der Waals surface area contributed by atoms with E-state index in [1.165, 1.54) is 14.0 Å². The number of nitrogens with zero attached hydrogens (tertiary/aromatic N) is 2. The quantitative estimate of drug-likeness (QED) is 0.612. The largest absolute Gasteiger partial charge is 0.394 e. The lowest BCUT2D eigenvalue weighted by Gasteiger charge is -2.06. The van der Waals surface area contributed by atoms with E-state index in [4.69, 9.17) is 5.73 Å². The maximum Gasteiger partial charge on any atom is 0.290 e. The Morgan fingerprint density at radius 3 is 2.54 bits per heavy atom. The molecule has 5 heteroatoms. The molecule has 70 valence electrons. The lowest BCUT2D eigenvalue weighted by molar-refractivity contribution is 0.101. The third kappa shape index (κ3) is 1.44. The lowest BCUT2D eigenvalue weighted by Crippen LogP contribution is -2.26. The van der Waals surface area contributed by atoms with Crippen LogP contribution in [-0.2, 0) is 7.05 Å². The summed E-state index contributed by atoms with van der Waals surface area (Å²) < 4.78 is 1.12. The molecule has 1 aromatic rings. The highest BCUT2D eigenvalue weighted by Crippen LogP contribution is 2.09. The predicted octanol–water partition coefficient (Wildman–Crippen LogP) is -0.126. The van der Waals surface area contributed by atoms with Gasteiger partial charge in [0.15, 0.2) is 5.78 Å². The van der Waals surface area contributed by atoms with E-state index in [1.807, 2.05) is 0 Å². The molecule has 0 saturated carbocycles. The van der Waals surface area contributed by atoms with E-state index in [1.54, 1.807) is 6.92 Å². The van der Waals surface area contributed by atoms with E-state index >= 15 is 0 Å². The zero-order valence-electron chi connectivity index (χ0n) is 7.79. The van der Waals surface area contributed by atoms with Crippen molar-refractivity contribution in [3.63, 3.8) is 0 Å². The first-order chi connectivity index (χ1) is 5.95. The summed E-state index contributed by atoms with van der Waals surface area (Å²) in [4.78, 5) is 22.4. The maximum atomic E-state index is 11.3. The van der Waals surface area contributed by atoms with Crippen molar-refractivity contribution in [2.75, 3.05) is 5.73 Å². The van der Waals surface area contributed by atoms with Crippen LogP contribution in [0.3, 0.4) is 0 Å². The lowest BCUT2D eigenvalue weighted by atomic mass is 10.1. The molecule has 1 heterocycles. The van der Waals surface area contributed by atoms with Gasteiger partial charge in [0.2, 0.25) is 0 Å². The van der Waals surface area contributed by atoms with E-state index in [2.05, 4.69) is 5.10 Å². The number of carbonyl (C=O) groups is 1. The summed E-state index contributed by atoms with van der Waals surface area (Å²) in [6, 6.07) is 0. The minimum Gasteiger partial charge on any atom is -0.394 e. The Labute approximate surface area is 75.2 Å². The standard InChI is InChI=1S/C8H11N3O2/c1-4-6(5(2)12)7(9)8(13)11(3)10-4/h9H2,1-3H3. The fourth-order valence-corrected chi connectivity index (χ4v) is 1.24. The predicted molar refractivity (Wildman–Crippen MR) is 48.6 cm³/mol. The van der Waals surface area contributed by atoms with E-state index in [0.717, 1.165) is 4.68 Å². The molecular formula is C8H11N3O2. The number of aryl methyl sites for hydroxylation is 2. The molecule has 2 N–H and O–H groups in total. The van der Waals surface area contributed by atoms with Crippen molar-refractivity contribution in [3.05, 3.63) is 21.6 Å². The third-order valence-electron chi connectivity index (χ3n) is 1.81. The molecule has 0 amide bonds. The normalized spacial score (nSPS) is 10.1. The molecule has 0 bridgehead atoms. The fourth-order valence-electron chi connectivity index (χ4n) is 1.24. The first-order valence-corrected chi connectivity index (χ1v) is 3.79. The van der Waals surface area contributed by atoms with Gasteiger partial charge >= 0.3 is 0 Å². The van der Waals surface area contributed by atoms with Crippen molar-refractivity contribution in [3.8, 4) is 0 Å². The van der Waals surface area contributed by atoms with Gasteiger partial charge in [-0.3, -0.25) is 9.59 Å². The van der Waals surface area contributed by atoms with E-state index in [-0.39, 0.29) is 17.0 Å². The van der Waals surface area contributed by atoms with Gasteiger partial charge < -0.3 is 5.73 Å². The van der Waals surface area contributed by atoms with Gasteiger partial charge in [-0.2, -0.15) is 5.10 Å². The van der Waals surface area contributed by atoms with Crippen LogP contribution in [0.15, 0.2) is 4.79 Å². The van der Waals surface area contributed by atoms with Crippen molar-refractivity contribution < 1.29 is 4.79 Å². The Hall–Kier alpha value is -1.65. The van der Waals surface area contributed by atoms with Crippen molar-refractivity contribution in [2.45, 2.75) is 13.8 Å². The highest BCUT2D eigenvalue weighted by molar-refractivity contribution is 5.99. The monoisotopic (exact) mass is 181 g/mol. The van der Waals surface area contributed by atoms with Gasteiger partial charge in [-0.15, -0.1) is 0 Å². The van der Waals surface area contributed by atoms with Crippen molar-refractivity contribution in [1.82, 2.24) is 9.78 Å². The second kappa shape index (κ2) is 3.01. The highest BCUT2D eigenvalue weighted by Gasteiger charge is 2.13. The summed E-state index contributed by atoms with van der Waals surface area (Å²) in [5.74, 6) is -0.236. The van der Waals surface area contributed by atoms with Gasteiger partial charge in [-0.1, -0.05) is 0 Å². The Morgan fingerprint density at radius 2 is 2.08 bits per heavy atom. The molecule has 0 aliphatic carbocycles. The molecular weight excluding hydrogens is 170 g/mol. The molecule has 0 spiro atoms. The number of rotatable bonds is 1. The first-order valence-electron chi connectivity index (χ1n) is 3.79. The molecule has 0 atom stereocenters. The van der Waals surface area contributed by atoms with E-state index < -0.39 is 5.56 Å². The van der Waals surface area contributed by atoms with Crippen LogP contribution in [0.1, 0.15) is 23.0 Å². The van der Waals surface area contributed by atoms with E-state index in [9.17, 15) is 9.59 Å². The maximum absolute atomic E-state index is 11.3. The number of carbonyl (C=O) groups excluding carboxylic acids is 1. The molecule has 0 radical (unpaired) electrons. The second-order valence-corrected chi connectivity index (χ2v) is 2.86. The third-order valence-corrected chi connectivity index (χ3v) is 1.81. The molecule has 13 heavy (non-hydrogen) atoms. The molecule has 0 aliphatic rings. The Kier molecular flexibility index (Phi) is 2.18. The average Bonchev–Trinajstić information content (AvgIpc) is 1.99. The number of ketones is 1. The van der Waals surface area contributed by atoms with Crippen molar-refractivity contribution >= 4 is 11.5 Å². The number of hydrogen-bond acceptors (Lipinski definition) is 4. The molecule has 1 rings (SSSR count). The molecule has 0 aromatic carbocycles. The molecule has 1 aromatic heterocycles. The number of hydrogen-bond donors (Lipinski definition) is 1. The number of Topliss-reactive ketones (excluding diaryl/α,β-unsaturated/α-hetero) is 1.